The summed E-state index contributed by atoms with van der Waals surface area (Å²) in [5.74, 6) is 0.230. The molecule has 0 aliphatic heterocycles. The van der Waals surface area contributed by atoms with Crippen molar-refractivity contribution in [2.75, 3.05) is 24.8 Å². The lowest BCUT2D eigenvalue weighted by atomic mass is 9.99. The molecule has 0 fully saturated rings. The van der Waals surface area contributed by atoms with E-state index in [-0.39, 0.29) is 41.1 Å². The summed E-state index contributed by atoms with van der Waals surface area (Å²) in [5, 5.41) is 24.0. The van der Waals surface area contributed by atoms with Crippen molar-refractivity contribution in [3.05, 3.63) is 104 Å². The highest BCUT2D eigenvalue weighted by Crippen LogP contribution is 2.28. The van der Waals surface area contributed by atoms with Crippen LogP contribution in [0.5, 0.6) is 0 Å². The van der Waals surface area contributed by atoms with E-state index in [9.17, 15) is 28.2 Å². The Morgan fingerprint density at radius 1 is 0.760 bits per heavy atom. The summed E-state index contributed by atoms with van der Waals surface area (Å²) in [7, 11) is -0.388. The average molecular weight is 739 g/mol. The molecule has 0 bridgehead atoms. The molecular formula is C34H33Cl2N7O6S. The van der Waals surface area contributed by atoms with Gasteiger partial charge < -0.3 is 15.5 Å². The number of nitrogens with zero attached hydrogens (tertiary/aromatic N) is 6. The van der Waals surface area contributed by atoms with Crippen molar-refractivity contribution in [2.45, 2.75) is 24.0 Å². The molecule has 0 spiro atoms. The Morgan fingerprint density at radius 2 is 1.22 bits per heavy atom. The number of aliphatic hydroxyl groups is 2. The molecular weight excluding hydrogens is 705 g/mol. The van der Waals surface area contributed by atoms with Crippen molar-refractivity contribution in [1.82, 2.24) is 29.1 Å². The van der Waals surface area contributed by atoms with Crippen LogP contribution in [0, 0.1) is 0 Å². The summed E-state index contributed by atoms with van der Waals surface area (Å²) in [5.41, 5.74) is 1.34. The number of hydrogen-bond acceptors (Lipinski definition) is 11. The van der Waals surface area contributed by atoms with Crippen molar-refractivity contribution in [2.24, 2.45) is 14.1 Å². The standard InChI is InChI=1S/C19H21ClN4O3.C15H12ClN3O3S/c1-3-19(10-25,11-26)23-18-21-9-12-8-14(13-6-4-5-7-15(13)20)17(27)24(2)16(12)22-18;1-19-13-9(8-17-15(18-13)23(2,21)22)7-11(14(19)20)10-5-3-4-6-12(10)16/h4-9,25-26H,3,10-11H2,1-2H3,(H,21,22,23);3-8H,1-2H3. The van der Waals surface area contributed by atoms with Crippen molar-refractivity contribution in [1.29, 1.82) is 0 Å². The van der Waals surface area contributed by atoms with Gasteiger partial charge in [-0.3, -0.25) is 18.7 Å². The van der Waals surface area contributed by atoms with Crippen LogP contribution in [0.25, 0.3) is 44.3 Å². The molecule has 0 radical (unpaired) electrons. The number of aromatic nitrogens is 6. The van der Waals surface area contributed by atoms with Gasteiger partial charge in [-0.25, -0.2) is 18.4 Å². The molecule has 3 N–H and O–H groups in total. The normalized spacial score (nSPS) is 11.8. The van der Waals surface area contributed by atoms with Crippen LogP contribution in [0.1, 0.15) is 13.3 Å². The van der Waals surface area contributed by atoms with E-state index < -0.39 is 15.4 Å². The Kier molecular flexibility index (Phi) is 10.7. The molecule has 0 unspecified atom stereocenters. The Bertz CT molecular complexity index is 2460. The second kappa shape index (κ2) is 14.6. The second-order valence-electron chi connectivity index (χ2n) is 11.6. The molecule has 0 atom stereocenters. The molecule has 6 rings (SSSR count). The molecule has 0 saturated heterocycles. The minimum absolute atomic E-state index is 0.230. The van der Waals surface area contributed by atoms with E-state index in [2.05, 4.69) is 25.3 Å². The molecule has 0 aliphatic carbocycles. The highest BCUT2D eigenvalue weighted by Gasteiger charge is 2.27. The Balaban J connectivity index is 0.000000197. The minimum atomic E-state index is -3.55. The lowest BCUT2D eigenvalue weighted by molar-refractivity contribution is 0.132. The van der Waals surface area contributed by atoms with Crippen LogP contribution in [0.15, 0.2) is 87.8 Å². The van der Waals surface area contributed by atoms with Crippen molar-refractivity contribution in [3.8, 4) is 22.3 Å². The van der Waals surface area contributed by atoms with Crippen LogP contribution in [-0.4, -0.2) is 72.7 Å². The van der Waals surface area contributed by atoms with Gasteiger partial charge in [0.25, 0.3) is 11.1 Å². The molecule has 0 saturated carbocycles. The van der Waals surface area contributed by atoms with Gasteiger partial charge in [0.2, 0.25) is 20.9 Å². The fourth-order valence-corrected chi connectivity index (χ4v) is 6.11. The number of benzene rings is 2. The van der Waals surface area contributed by atoms with Gasteiger partial charge in [0.15, 0.2) is 0 Å². The fourth-order valence-electron chi connectivity index (χ4n) is 5.14. The summed E-state index contributed by atoms with van der Waals surface area (Å²) >= 11 is 12.4. The molecule has 0 amide bonds. The SMILES string of the molecule is CCC(CO)(CO)Nc1ncc2cc(-c3ccccc3Cl)c(=O)n(C)c2n1.Cn1c(=O)c(-c2ccccc2Cl)cc2cnc(S(C)(=O)=O)nc21. The van der Waals surface area contributed by atoms with Crippen LogP contribution in [0.3, 0.4) is 0 Å². The number of hydrogen-bond donors (Lipinski definition) is 3. The van der Waals surface area contributed by atoms with Gasteiger partial charge in [-0.1, -0.05) is 66.5 Å². The first-order chi connectivity index (χ1) is 23.7. The molecule has 13 nitrogen and oxygen atoms in total. The highest BCUT2D eigenvalue weighted by atomic mass is 35.5. The largest absolute Gasteiger partial charge is 0.394 e. The van der Waals surface area contributed by atoms with E-state index in [0.717, 1.165) is 6.26 Å². The van der Waals surface area contributed by atoms with Crippen molar-refractivity contribution < 1.29 is 18.6 Å². The number of sulfone groups is 1. The molecule has 6 aromatic rings. The molecule has 2 aromatic carbocycles. The number of nitrogens with one attached hydrogen (secondary N) is 1. The highest BCUT2D eigenvalue weighted by molar-refractivity contribution is 7.90. The van der Waals surface area contributed by atoms with Gasteiger partial charge in [-0.2, -0.15) is 9.97 Å². The Morgan fingerprint density at radius 3 is 1.66 bits per heavy atom. The number of aryl methyl sites for hydroxylation is 2. The monoisotopic (exact) mass is 737 g/mol. The maximum atomic E-state index is 12.8. The summed E-state index contributed by atoms with van der Waals surface area (Å²) < 4.78 is 25.9. The van der Waals surface area contributed by atoms with Gasteiger partial charge in [0.1, 0.15) is 11.3 Å². The predicted octanol–water partition coefficient (Wildman–Crippen LogP) is 4.25. The summed E-state index contributed by atoms with van der Waals surface area (Å²) in [4.78, 5) is 42.0. The van der Waals surface area contributed by atoms with Gasteiger partial charge in [0, 0.05) is 75.8 Å². The van der Waals surface area contributed by atoms with E-state index in [1.165, 1.54) is 22.4 Å². The zero-order valence-electron chi connectivity index (χ0n) is 27.4. The molecule has 4 heterocycles. The van der Waals surface area contributed by atoms with E-state index in [0.29, 0.717) is 55.1 Å². The molecule has 4 aromatic heterocycles. The molecule has 16 heteroatoms. The summed E-state index contributed by atoms with van der Waals surface area (Å²) in [6.07, 6.45) is 4.48. The summed E-state index contributed by atoms with van der Waals surface area (Å²) in [6, 6.07) is 17.5. The molecule has 50 heavy (non-hydrogen) atoms. The second-order valence-corrected chi connectivity index (χ2v) is 14.3. The first kappa shape index (κ1) is 36.5. The van der Waals surface area contributed by atoms with Crippen LogP contribution in [-0.2, 0) is 23.9 Å². The predicted molar refractivity (Wildman–Crippen MR) is 194 cm³/mol. The maximum absolute atomic E-state index is 12.8. The van der Waals surface area contributed by atoms with Crippen molar-refractivity contribution >= 4 is 61.1 Å². The topological polar surface area (TPSA) is 182 Å². The van der Waals surface area contributed by atoms with Gasteiger partial charge in [0.05, 0.1) is 18.8 Å². The third kappa shape index (κ3) is 7.25. The first-order valence-corrected chi connectivity index (χ1v) is 17.8. The minimum Gasteiger partial charge on any atom is -0.394 e. The number of halogens is 2. The fraction of sp³-hybridized carbons (Fsp3) is 0.235. The lowest BCUT2D eigenvalue weighted by Crippen LogP contribution is -2.45. The Labute approximate surface area is 296 Å². The van der Waals surface area contributed by atoms with Crippen LogP contribution >= 0.6 is 23.2 Å². The lowest BCUT2D eigenvalue weighted by Gasteiger charge is -2.29. The molecule has 0 aliphatic rings. The third-order valence-corrected chi connectivity index (χ3v) is 9.71. The van der Waals surface area contributed by atoms with Gasteiger partial charge in [-0.05, 0) is 30.7 Å². The smallest absolute Gasteiger partial charge is 0.259 e. The average Bonchev–Trinajstić information content (AvgIpc) is 3.11. The number of rotatable bonds is 8. The molecule has 260 valence electrons. The number of anilines is 1. The number of fused-ring (bicyclic) bond motifs is 2. The zero-order valence-corrected chi connectivity index (χ0v) is 29.8. The van der Waals surface area contributed by atoms with E-state index in [1.807, 2.05) is 13.0 Å². The van der Waals surface area contributed by atoms with Gasteiger partial charge >= 0.3 is 0 Å². The van der Waals surface area contributed by atoms with Crippen molar-refractivity contribution in [3.63, 3.8) is 0 Å². The van der Waals surface area contributed by atoms with Crippen LogP contribution < -0.4 is 16.4 Å². The maximum Gasteiger partial charge on any atom is 0.259 e. The zero-order chi connectivity index (χ0) is 36.4. The van der Waals surface area contributed by atoms with E-state index >= 15 is 0 Å². The third-order valence-electron chi connectivity index (χ3n) is 8.19. The Hall–Kier alpha value is -4.73. The number of aliphatic hydroxyl groups excluding tert-OH is 2. The van der Waals surface area contributed by atoms with E-state index in [1.54, 1.807) is 67.8 Å². The number of pyridine rings is 2. The van der Waals surface area contributed by atoms with Crippen LogP contribution in [0.2, 0.25) is 10.0 Å². The van der Waals surface area contributed by atoms with Crippen LogP contribution in [0.4, 0.5) is 5.95 Å². The van der Waals surface area contributed by atoms with E-state index in [4.69, 9.17) is 23.2 Å². The first-order valence-electron chi connectivity index (χ1n) is 15.2. The van der Waals surface area contributed by atoms with Gasteiger partial charge in [-0.15, -0.1) is 0 Å². The summed E-state index contributed by atoms with van der Waals surface area (Å²) in [6.45, 7) is 1.30. The quantitative estimate of drug-likeness (QED) is 0.190.